The van der Waals surface area contributed by atoms with Gasteiger partial charge in [0.15, 0.2) is 0 Å². The third-order valence-corrected chi connectivity index (χ3v) is 11.0. The van der Waals surface area contributed by atoms with E-state index in [1.165, 1.54) is 62.5 Å². The predicted molar refractivity (Wildman–Crippen MR) is 139 cm³/mol. The van der Waals surface area contributed by atoms with Crippen LogP contribution in [-0.4, -0.2) is 4.89 Å². The van der Waals surface area contributed by atoms with Gasteiger partial charge in [-0.2, -0.15) is 0 Å². The number of benzene rings is 2. The van der Waals surface area contributed by atoms with E-state index in [0.29, 0.717) is 0 Å². The molecular formula is C26H39O2PS2Zn. The molecule has 2 aromatic carbocycles. The minimum atomic E-state index is -3.46. The van der Waals surface area contributed by atoms with E-state index in [9.17, 15) is 9.46 Å². The van der Waals surface area contributed by atoms with E-state index >= 15 is 0 Å². The molecule has 2 rings (SSSR count). The molecule has 2 nitrogen and oxygen atoms in total. The van der Waals surface area contributed by atoms with Gasteiger partial charge in [0.05, 0.1) is 0 Å². The third kappa shape index (κ3) is 11.9. The Morgan fingerprint density at radius 3 is 1.44 bits per heavy atom. The van der Waals surface area contributed by atoms with Crippen molar-refractivity contribution in [2.24, 2.45) is 0 Å². The van der Waals surface area contributed by atoms with E-state index in [1.807, 2.05) is 36.4 Å². The molecule has 0 saturated heterocycles. The summed E-state index contributed by atoms with van der Waals surface area (Å²) >= 11 is 2.31. The number of rotatable bonds is 16. The summed E-state index contributed by atoms with van der Waals surface area (Å²) in [5.41, 5.74) is 2.39. The van der Waals surface area contributed by atoms with Crippen molar-refractivity contribution in [3.8, 4) is 0 Å². The van der Waals surface area contributed by atoms with Gasteiger partial charge < -0.3 is 4.89 Å². The van der Waals surface area contributed by atoms with Gasteiger partial charge in [0.1, 0.15) is 0 Å². The van der Waals surface area contributed by atoms with Crippen molar-refractivity contribution < 1.29 is 28.9 Å². The Labute approximate surface area is 216 Å². The Morgan fingerprint density at radius 1 is 0.656 bits per heavy atom. The van der Waals surface area contributed by atoms with Crippen LogP contribution >= 0.6 is 28.5 Å². The monoisotopic (exact) mass is 542 g/mol. The molecule has 0 radical (unpaired) electrons. The fourth-order valence-electron chi connectivity index (χ4n) is 3.70. The maximum absolute atomic E-state index is 13.2. The van der Waals surface area contributed by atoms with Gasteiger partial charge in [-0.15, -0.1) is 0 Å². The van der Waals surface area contributed by atoms with Crippen molar-refractivity contribution in [2.75, 3.05) is 0 Å². The first kappa shape index (κ1) is 30.0. The van der Waals surface area contributed by atoms with Crippen LogP contribution in [0.4, 0.5) is 0 Å². The van der Waals surface area contributed by atoms with Gasteiger partial charge in [0, 0.05) is 29.3 Å². The maximum atomic E-state index is 13.2. The summed E-state index contributed by atoms with van der Waals surface area (Å²) in [5.74, 6) is -3.46. The molecule has 174 valence electrons. The standard InChI is InChI=1S/C26H39O2PS2.Zn/c1-3-5-7-9-11-17-23-19-13-15-21-25(23)30-29(27,28)31-26-22-16-14-20-24(26)18-12-10-8-6-4-2;/h13-16,19-22H,3-12,17-18H2,1-2H3,(H,27,28);. The first-order valence-corrected chi connectivity index (χ1v) is 16.4. The van der Waals surface area contributed by atoms with Crippen LogP contribution in [0.15, 0.2) is 58.3 Å². The smallest absolute Gasteiger partial charge is 0.320 e. The molecule has 0 bridgehead atoms. The van der Waals surface area contributed by atoms with E-state index in [2.05, 4.69) is 26.0 Å². The third-order valence-electron chi connectivity index (χ3n) is 5.47. The predicted octanol–water partition coefficient (Wildman–Crippen LogP) is 9.69. The topological polar surface area (TPSA) is 37.3 Å². The molecule has 0 unspecified atom stereocenters. The van der Waals surface area contributed by atoms with Crippen LogP contribution in [0.3, 0.4) is 0 Å². The first-order valence-electron chi connectivity index (χ1n) is 11.9. The second kappa shape index (κ2) is 17.4. The van der Waals surface area contributed by atoms with Crippen LogP contribution in [0.1, 0.15) is 89.2 Å². The molecule has 6 heteroatoms. The van der Waals surface area contributed by atoms with Crippen LogP contribution in [0.2, 0.25) is 0 Å². The summed E-state index contributed by atoms with van der Waals surface area (Å²) in [6, 6.07) is 16.2. The minimum absolute atomic E-state index is 0. The van der Waals surface area contributed by atoms with Crippen molar-refractivity contribution in [3.63, 3.8) is 0 Å². The largest absolute Gasteiger partial charge is 0.329 e. The van der Waals surface area contributed by atoms with E-state index in [0.717, 1.165) is 58.2 Å². The Morgan fingerprint density at radius 2 is 1.03 bits per heavy atom. The number of aryl methyl sites for hydroxylation is 2. The summed E-state index contributed by atoms with van der Waals surface area (Å²) < 4.78 is 13.2. The quantitative estimate of drug-likeness (QED) is 0.130. The summed E-state index contributed by atoms with van der Waals surface area (Å²) in [6.45, 7) is 4.46. The van der Waals surface area contributed by atoms with E-state index < -0.39 is 5.77 Å². The molecule has 0 heterocycles. The van der Waals surface area contributed by atoms with Crippen LogP contribution in [-0.2, 0) is 36.9 Å². The van der Waals surface area contributed by atoms with Crippen molar-refractivity contribution in [2.45, 2.75) is 101 Å². The molecule has 1 N–H and O–H groups in total. The van der Waals surface area contributed by atoms with Crippen LogP contribution in [0, 0.1) is 0 Å². The SMILES string of the molecule is CCCCCCCc1ccccc1SP(=O)(O)Sc1ccccc1CCCCCCC.[Zn]. The van der Waals surface area contributed by atoms with Crippen molar-refractivity contribution >= 4 is 28.5 Å². The molecule has 0 aliphatic rings. The van der Waals surface area contributed by atoms with Crippen molar-refractivity contribution in [3.05, 3.63) is 59.7 Å². The Balaban J connectivity index is 0.00000512. The van der Waals surface area contributed by atoms with Crippen LogP contribution < -0.4 is 0 Å². The average Bonchev–Trinajstić information content (AvgIpc) is 2.75. The second-order valence-corrected chi connectivity index (χ2v) is 15.1. The van der Waals surface area contributed by atoms with Gasteiger partial charge in [0.25, 0.3) is 0 Å². The summed E-state index contributed by atoms with van der Waals surface area (Å²) in [6.07, 6.45) is 14.3. The normalized spacial score (nSPS) is 11.3. The van der Waals surface area contributed by atoms with Gasteiger partial charge in [-0.05, 0) is 71.7 Å². The van der Waals surface area contributed by atoms with Gasteiger partial charge in [-0.25, -0.2) is 0 Å². The van der Waals surface area contributed by atoms with E-state index in [4.69, 9.17) is 0 Å². The van der Waals surface area contributed by atoms with Gasteiger partial charge >= 0.3 is 5.77 Å². The molecule has 0 spiro atoms. The molecule has 0 aliphatic heterocycles. The Kier molecular flexibility index (Phi) is 16.3. The number of hydrogen-bond donors (Lipinski definition) is 1. The second-order valence-electron chi connectivity index (χ2n) is 8.20. The van der Waals surface area contributed by atoms with Crippen LogP contribution in [0.25, 0.3) is 0 Å². The Bertz CT molecular complexity index is 752. The molecule has 32 heavy (non-hydrogen) atoms. The van der Waals surface area contributed by atoms with Gasteiger partial charge in [-0.3, -0.25) is 4.57 Å². The van der Waals surface area contributed by atoms with Gasteiger partial charge in [0.2, 0.25) is 0 Å². The zero-order valence-electron chi connectivity index (χ0n) is 19.9. The van der Waals surface area contributed by atoms with Crippen LogP contribution in [0.5, 0.6) is 0 Å². The average molecular weight is 544 g/mol. The minimum Gasteiger partial charge on any atom is -0.329 e. The van der Waals surface area contributed by atoms with Crippen molar-refractivity contribution in [1.29, 1.82) is 0 Å². The van der Waals surface area contributed by atoms with Gasteiger partial charge in [-0.1, -0.05) is 102 Å². The molecule has 0 atom stereocenters. The van der Waals surface area contributed by atoms with Crippen molar-refractivity contribution in [1.82, 2.24) is 0 Å². The fourth-order valence-corrected chi connectivity index (χ4v) is 9.54. The molecule has 0 aromatic heterocycles. The molecule has 0 amide bonds. The maximum Gasteiger partial charge on any atom is 0.320 e. The summed E-state index contributed by atoms with van der Waals surface area (Å²) in [4.78, 5) is 12.7. The number of hydrogen-bond acceptors (Lipinski definition) is 3. The summed E-state index contributed by atoms with van der Waals surface area (Å²) in [5, 5.41) is 0. The molecule has 2 aromatic rings. The Hall–Kier alpha value is -0.0466. The molecule has 0 aliphatic carbocycles. The first-order chi connectivity index (χ1) is 15.1. The number of unbranched alkanes of at least 4 members (excludes halogenated alkanes) is 8. The molecular weight excluding hydrogens is 505 g/mol. The zero-order chi connectivity index (χ0) is 22.4. The van der Waals surface area contributed by atoms with E-state index in [1.54, 1.807) is 0 Å². The molecule has 0 saturated carbocycles. The fraction of sp³-hybridized carbons (Fsp3) is 0.538. The van der Waals surface area contributed by atoms with E-state index in [-0.39, 0.29) is 19.5 Å². The zero-order valence-corrected chi connectivity index (χ0v) is 25.4. The summed E-state index contributed by atoms with van der Waals surface area (Å²) in [7, 11) is 0. The molecule has 0 fully saturated rings.